The number of hydrogen-bond acceptors (Lipinski definition) is 29. The number of amides is 21. The molecule has 1 aliphatic heterocycles. The number of rotatable bonds is 59. The lowest BCUT2D eigenvalue weighted by atomic mass is 10.0. The number of primary amides is 5. The first-order chi connectivity index (χ1) is 61.9. The molecule has 0 unspecified atom stereocenters. The molecule has 0 saturated carbocycles. The molecular formula is C78H112N22O32. The van der Waals surface area contributed by atoms with Crippen molar-refractivity contribution in [2.45, 2.75) is 227 Å². The minimum atomic E-state index is -2.40. The van der Waals surface area contributed by atoms with Crippen molar-refractivity contribution in [3.05, 3.63) is 71.8 Å². The van der Waals surface area contributed by atoms with Gasteiger partial charge >= 0.3 is 23.9 Å². The van der Waals surface area contributed by atoms with E-state index in [4.69, 9.17) is 34.4 Å². The summed E-state index contributed by atoms with van der Waals surface area (Å²) in [6, 6.07) is -13.7. The third kappa shape index (κ3) is 39.3. The van der Waals surface area contributed by atoms with Gasteiger partial charge in [0.25, 0.3) is 0 Å². The number of nitrogens with zero attached hydrogens (tertiary/aromatic N) is 1. The first-order valence-corrected chi connectivity index (χ1v) is 40.7. The average Bonchev–Trinajstić information content (AvgIpc) is 1.67. The first-order valence-electron chi connectivity index (χ1n) is 40.7. The van der Waals surface area contributed by atoms with Crippen molar-refractivity contribution < 1.29 is 156 Å². The minimum Gasteiger partial charge on any atom is -0.481 e. The summed E-state index contributed by atoms with van der Waals surface area (Å²) in [5, 5.41) is 103. The van der Waals surface area contributed by atoms with E-state index in [-0.39, 0.29) is 25.8 Å². The van der Waals surface area contributed by atoms with Crippen LogP contribution < -0.4 is 114 Å². The Morgan fingerprint density at radius 1 is 0.364 bits per heavy atom. The molecule has 726 valence electrons. The van der Waals surface area contributed by atoms with E-state index < -0.39 is 353 Å². The molecule has 132 heavy (non-hydrogen) atoms. The second-order valence-corrected chi connectivity index (χ2v) is 30.6. The van der Waals surface area contributed by atoms with Crippen LogP contribution in [-0.4, -0.2) is 318 Å². The van der Waals surface area contributed by atoms with Crippen molar-refractivity contribution in [2.75, 3.05) is 26.2 Å². The Labute approximate surface area is 750 Å². The van der Waals surface area contributed by atoms with Gasteiger partial charge in [0.1, 0.15) is 90.6 Å². The maximum absolute atomic E-state index is 14.4. The van der Waals surface area contributed by atoms with Gasteiger partial charge in [-0.25, -0.2) is 4.79 Å². The highest BCUT2D eigenvalue weighted by atomic mass is 16.4. The molecule has 17 atom stereocenters. The Morgan fingerprint density at radius 3 is 1.09 bits per heavy atom. The molecule has 1 saturated heterocycles. The van der Waals surface area contributed by atoms with Crippen molar-refractivity contribution in [3.63, 3.8) is 0 Å². The van der Waals surface area contributed by atoms with E-state index in [0.717, 1.165) is 18.7 Å². The van der Waals surface area contributed by atoms with E-state index >= 15 is 0 Å². The highest BCUT2D eigenvalue weighted by Crippen LogP contribution is 2.21. The quantitative estimate of drug-likeness (QED) is 0.0292. The molecule has 0 aliphatic carbocycles. The fourth-order valence-electron chi connectivity index (χ4n) is 12.8. The number of carboxylic acid groups (broad SMARTS) is 4. The van der Waals surface area contributed by atoms with Crippen LogP contribution in [0.15, 0.2) is 60.7 Å². The molecule has 54 nitrogen and oxygen atoms in total. The van der Waals surface area contributed by atoms with Gasteiger partial charge in [0.05, 0.1) is 64.0 Å². The van der Waals surface area contributed by atoms with E-state index in [9.17, 15) is 156 Å². The molecule has 1 aliphatic rings. The van der Waals surface area contributed by atoms with Crippen LogP contribution in [0.5, 0.6) is 0 Å². The summed E-state index contributed by atoms with van der Waals surface area (Å²) in [6.07, 6.45) is -14.6. The van der Waals surface area contributed by atoms with Crippen LogP contribution in [0.3, 0.4) is 0 Å². The Balaban J connectivity index is 1.88. The van der Waals surface area contributed by atoms with Gasteiger partial charge in [-0.05, 0) is 63.0 Å². The highest BCUT2D eigenvalue weighted by molar-refractivity contribution is 6.04. The summed E-state index contributed by atoms with van der Waals surface area (Å²) in [4.78, 5) is 332. The first kappa shape index (κ1) is 111. The fraction of sp³-hybridized carbons (Fsp3) is 0.526. The second kappa shape index (κ2) is 55.0. The Hall–Kier alpha value is -15.0. The molecule has 0 aromatic heterocycles. The van der Waals surface area contributed by atoms with Crippen LogP contribution in [0.1, 0.15) is 122 Å². The lowest BCUT2D eigenvalue weighted by Crippen LogP contribution is -2.63. The molecule has 2 aromatic rings. The van der Waals surface area contributed by atoms with Crippen LogP contribution in [-0.2, 0) is 133 Å². The Bertz CT molecular complexity index is 4540. The number of carboxylic acids is 4. The van der Waals surface area contributed by atoms with Gasteiger partial charge in [0.2, 0.25) is 124 Å². The predicted molar refractivity (Wildman–Crippen MR) is 447 cm³/mol. The SMILES string of the molecule is CC(C)[C@H](NC(=O)[C@H](CC(=O)O)NC(=O)[C@H](CC(=O)O)NC(=O)[C@@H](NC(=O)[C@H](CC(N)=O)NC(=O)[C@H](CCC(N)=O)NC(=O)[C@H](Cc1ccccc1)NC(=O)CNC(=O)[C@@H]1CCCN1C(=O)[C@H](CC(N)=O)NC(=O)[C@H](CC(N)=O)NC(=O)[C@H](CCC(=O)O)NC(=O)CN)[C@@H](C)O)C(=O)N[C@@H](CCC(N)=O)C(=O)N[C@H](C(=O)N[C@@H](CO)C(=O)N[C@@H](Cc1ccccc1)C(=O)O)[C@@H](C)O. The third-order valence-electron chi connectivity index (χ3n) is 19.5. The van der Waals surface area contributed by atoms with Gasteiger partial charge in [-0.15, -0.1) is 0 Å². The molecular weight excluding hydrogens is 1760 g/mol. The van der Waals surface area contributed by atoms with E-state index in [1.165, 1.54) is 38.1 Å². The molecule has 0 bridgehead atoms. The third-order valence-corrected chi connectivity index (χ3v) is 19.5. The van der Waals surface area contributed by atoms with Gasteiger partial charge in [-0.3, -0.25) is 115 Å². The van der Waals surface area contributed by atoms with Crippen LogP contribution in [0, 0.1) is 5.92 Å². The summed E-state index contributed by atoms with van der Waals surface area (Å²) in [6.45, 7) is 1.41. The molecule has 1 fully saturated rings. The summed E-state index contributed by atoms with van der Waals surface area (Å²) >= 11 is 0. The van der Waals surface area contributed by atoms with Crippen molar-refractivity contribution in [2.24, 2.45) is 40.3 Å². The smallest absolute Gasteiger partial charge is 0.326 e. The molecule has 3 rings (SSSR count). The lowest BCUT2D eigenvalue weighted by Gasteiger charge is -2.29. The summed E-state index contributed by atoms with van der Waals surface area (Å²) in [5.74, 6) is -34.7. The average molecular weight is 1870 g/mol. The normalized spacial score (nSPS) is 15.7. The topological polar surface area (TPSA) is 908 Å². The van der Waals surface area contributed by atoms with Gasteiger partial charge in [0, 0.05) is 38.6 Å². The molecule has 21 amide bonds. The number of benzene rings is 2. The Kier molecular flexibility index (Phi) is 46.4. The maximum atomic E-state index is 14.4. The Morgan fingerprint density at radius 2 is 0.689 bits per heavy atom. The van der Waals surface area contributed by atoms with Gasteiger partial charge in [-0.1, -0.05) is 74.5 Å². The van der Waals surface area contributed by atoms with Crippen molar-refractivity contribution in [1.82, 2.24) is 84.7 Å². The predicted octanol–water partition coefficient (Wildman–Crippen LogP) is -14.2. The molecule has 0 spiro atoms. The van der Waals surface area contributed by atoms with Crippen LogP contribution in [0.2, 0.25) is 0 Å². The number of aliphatic carboxylic acids is 4. The van der Waals surface area contributed by atoms with Crippen molar-refractivity contribution in [1.29, 1.82) is 0 Å². The second-order valence-electron chi connectivity index (χ2n) is 30.6. The molecule has 34 N–H and O–H groups in total. The number of aliphatic hydroxyl groups is 3. The fourth-order valence-corrected chi connectivity index (χ4v) is 12.8. The zero-order valence-corrected chi connectivity index (χ0v) is 71.8. The number of carbonyl (C=O) groups is 25. The number of likely N-dealkylation sites (tertiary alicyclic amines) is 1. The standard InChI is InChI=1S/C78H112N22O32/c1-34(2)61(74(127)89-41(18-21-52(81)105)66(119)98-63(36(4)103)76(129)96-49(33-101)72(125)95-48(78(131)132)25-38-14-9-6-10-15-38)97-71(124)46(30-60(115)116)92-69(122)45(29-59(113)114)93-75(128)62(35(3)102)99-70(123)44(27-54(83)107)91-65(118)40(17-20-51(80)104)88-67(120)42(24-37-12-7-5-8-13-37)87-57(110)32-85-73(126)50-16-11-23-100(50)77(130)47(28-55(84)108)94-68(121)43(26-53(82)106)90-64(117)39(19-22-58(111)112)86-56(109)31-79/h5-10,12-15,34-36,39-50,61-63,101-103H,11,16-33,79H2,1-4H3,(H2,80,104)(H2,81,105)(H2,82,106)(H2,83,107)(H2,84,108)(H,85,126)(H,86,109)(H,87,110)(H,88,120)(H,89,127)(H,90,117)(H,91,118)(H,92,122)(H,93,128)(H,94,121)(H,95,125)(H,96,129)(H,97,124)(H,98,119)(H,99,123)(H,111,112)(H,113,114)(H,115,116)(H,131,132)/t35-,36-,39+,40+,41+,42+,43+,44+,45+,46+,47+,48+,49+,50+,61+,62+,63+/m1/s1. The summed E-state index contributed by atoms with van der Waals surface area (Å²) in [7, 11) is 0. The van der Waals surface area contributed by atoms with E-state index in [1.54, 1.807) is 36.4 Å². The van der Waals surface area contributed by atoms with Crippen LogP contribution in [0.4, 0.5) is 0 Å². The summed E-state index contributed by atoms with van der Waals surface area (Å²) < 4.78 is 0. The van der Waals surface area contributed by atoms with Crippen LogP contribution >= 0.6 is 0 Å². The van der Waals surface area contributed by atoms with Gasteiger partial charge < -0.3 is 155 Å². The number of aliphatic hydroxyl groups excluding tert-OH is 3. The zero-order chi connectivity index (χ0) is 99.7. The molecule has 0 radical (unpaired) electrons. The van der Waals surface area contributed by atoms with E-state index in [1.807, 2.05) is 16.0 Å². The van der Waals surface area contributed by atoms with Gasteiger partial charge in [-0.2, -0.15) is 0 Å². The molecule has 1 heterocycles. The number of carbonyl (C=O) groups excluding carboxylic acids is 21. The summed E-state index contributed by atoms with van der Waals surface area (Å²) in [5.41, 5.74) is 33.1. The minimum absolute atomic E-state index is 0.0918. The van der Waals surface area contributed by atoms with Crippen LogP contribution in [0.25, 0.3) is 0 Å². The number of nitrogens with two attached hydrogens (primary N) is 6. The highest BCUT2D eigenvalue weighted by Gasteiger charge is 2.43. The monoisotopic (exact) mass is 1870 g/mol. The maximum Gasteiger partial charge on any atom is 0.326 e. The van der Waals surface area contributed by atoms with Crippen molar-refractivity contribution in [3.8, 4) is 0 Å². The molecule has 2 aromatic carbocycles. The van der Waals surface area contributed by atoms with E-state index in [0.29, 0.717) is 11.1 Å². The van der Waals surface area contributed by atoms with Crippen molar-refractivity contribution >= 4 is 148 Å². The molecule has 54 heteroatoms. The van der Waals surface area contributed by atoms with Gasteiger partial charge in [0.15, 0.2) is 0 Å². The largest absolute Gasteiger partial charge is 0.481 e. The lowest BCUT2D eigenvalue weighted by molar-refractivity contribution is -0.144. The number of nitrogens with one attached hydrogen (secondary N) is 15. The zero-order valence-electron chi connectivity index (χ0n) is 71.8. The number of hydrogen-bond donors (Lipinski definition) is 28. The van der Waals surface area contributed by atoms with E-state index in [2.05, 4.69) is 63.8 Å².